The van der Waals surface area contributed by atoms with Crippen molar-refractivity contribution in [1.29, 1.82) is 0 Å². The minimum absolute atomic E-state index is 0.0893. The number of carbonyl (C=O) groups excluding carboxylic acids is 1. The molecule has 21 heavy (non-hydrogen) atoms. The molecule has 0 heterocycles. The van der Waals surface area contributed by atoms with Crippen molar-refractivity contribution in [3.8, 4) is 5.75 Å². The van der Waals surface area contributed by atoms with Crippen LogP contribution in [0.1, 0.15) is 46.8 Å². The van der Waals surface area contributed by atoms with E-state index in [1.165, 1.54) is 24.0 Å². The van der Waals surface area contributed by atoms with Crippen LogP contribution in [0.25, 0.3) is 0 Å². The van der Waals surface area contributed by atoms with Crippen LogP contribution >= 0.6 is 0 Å². The van der Waals surface area contributed by atoms with Gasteiger partial charge in [-0.15, -0.1) is 0 Å². The summed E-state index contributed by atoms with van der Waals surface area (Å²) in [4.78, 5) is 12.6. The molecule has 0 spiro atoms. The van der Waals surface area contributed by atoms with Gasteiger partial charge in [0.2, 0.25) is 0 Å². The maximum Gasteiger partial charge on any atom is 0.193 e. The number of aryl methyl sites for hydroxylation is 2. The molecule has 3 rings (SSSR count). The summed E-state index contributed by atoms with van der Waals surface area (Å²) in [6.07, 6.45) is 4.74. The normalized spacial score (nSPS) is 13.6. The first-order valence-corrected chi connectivity index (χ1v) is 7.67. The van der Waals surface area contributed by atoms with Gasteiger partial charge in [0, 0.05) is 11.1 Å². The van der Waals surface area contributed by atoms with Gasteiger partial charge in [0.05, 0.1) is 6.61 Å². The Hall–Kier alpha value is -2.09. The Morgan fingerprint density at radius 1 is 0.952 bits per heavy atom. The van der Waals surface area contributed by atoms with Crippen molar-refractivity contribution in [2.75, 3.05) is 6.61 Å². The van der Waals surface area contributed by atoms with E-state index >= 15 is 0 Å². The van der Waals surface area contributed by atoms with Gasteiger partial charge in [-0.25, -0.2) is 0 Å². The Kier molecular flexibility index (Phi) is 4.05. The summed E-state index contributed by atoms with van der Waals surface area (Å²) in [6.45, 7) is 2.59. The maximum atomic E-state index is 12.6. The molecule has 0 N–H and O–H groups in total. The smallest absolute Gasteiger partial charge is 0.193 e. The zero-order valence-corrected chi connectivity index (χ0v) is 12.4. The van der Waals surface area contributed by atoms with Crippen molar-refractivity contribution in [3.63, 3.8) is 0 Å². The zero-order chi connectivity index (χ0) is 14.7. The van der Waals surface area contributed by atoms with Crippen LogP contribution in [0.2, 0.25) is 0 Å². The molecule has 0 amide bonds. The van der Waals surface area contributed by atoms with Crippen molar-refractivity contribution in [3.05, 3.63) is 64.7 Å². The highest BCUT2D eigenvalue weighted by molar-refractivity contribution is 6.09. The summed E-state index contributed by atoms with van der Waals surface area (Å²) < 4.78 is 5.41. The third kappa shape index (κ3) is 2.99. The van der Waals surface area contributed by atoms with E-state index in [1.54, 1.807) is 0 Å². The van der Waals surface area contributed by atoms with E-state index in [0.29, 0.717) is 12.2 Å². The highest BCUT2D eigenvalue weighted by atomic mass is 16.5. The van der Waals surface area contributed by atoms with Gasteiger partial charge in [0.25, 0.3) is 0 Å². The SMILES string of the molecule is CCOc1ccc(C(=O)c2ccc3c(c2)CCCC3)cc1. The van der Waals surface area contributed by atoms with Crippen molar-refractivity contribution >= 4 is 5.78 Å². The second-order valence-corrected chi connectivity index (χ2v) is 5.48. The summed E-state index contributed by atoms with van der Waals surface area (Å²) in [5, 5.41) is 0. The van der Waals surface area contributed by atoms with E-state index in [4.69, 9.17) is 4.74 Å². The molecule has 1 aliphatic rings. The minimum atomic E-state index is 0.0893. The topological polar surface area (TPSA) is 26.3 Å². The molecule has 1 aliphatic carbocycles. The molecule has 0 aromatic heterocycles. The Labute approximate surface area is 125 Å². The second kappa shape index (κ2) is 6.13. The molecule has 0 unspecified atom stereocenters. The number of fused-ring (bicyclic) bond motifs is 1. The Morgan fingerprint density at radius 2 is 1.62 bits per heavy atom. The first kappa shape index (κ1) is 13.9. The van der Waals surface area contributed by atoms with Crippen LogP contribution in [0.3, 0.4) is 0 Å². The number of carbonyl (C=O) groups is 1. The van der Waals surface area contributed by atoms with Crippen molar-refractivity contribution in [2.24, 2.45) is 0 Å². The van der Waals surface area contributed by atoms with Gasteiger partial charge in [-0.1, -0.05) is 12.1 Å². The molecule has 108 valence electrons. The van der Waals surface area contributed by atoms with Crippen LogP contribution < -0.4 is 4.74 Å². The molecule has 0 fully saturated rings. The fourth-order valence-corrected chi connectivity index (χ4v) is 2.91. The summed E-state index contributed by atoms with van der Waals surface area (Å²) in [5.74, 6) is 0.894. The average Bonchev–Trinajstić information content (AvgIpc) is 2.55. The lowest BCUT2D eigenvalue weighted by atomic mass is 9.89. The van der Waals surface area contributed by atoms with Gasteiger partial charge in [-0.2, -0.15) is 0 Å². The van der Waals surface area contributed by atoms with E-state index in [0.717, 1.165) is 24.2 Å². The predicted octanol–water partition coefficient (Wildman–Crippen LogP) is 4.20. The summed E-state index contributed by atoms with van der Waals surface area (Å²) in [5.41, 5.74) is 4.26. The quantitative estimate of drug-likeness (QED) is 0.785. The predicted molar refractivity (Wildman–Crippen MR) is 84.1 cm³/mol. The zero-order valence-electron chi connectivity index (χ0n) is 12.4. The lowest BCUT2D eigenvalue weighted by Gasteiger charge is -2.16. The molecule has 0 bridgehead atoms. The second-order valence-electron chi connectivity index (χ2n) is 5.48. The van der Waals surface area contributed by atoms with Crippen LogP contribution in [0, 0.1) is 0 Å². The molecule has 2 aromatic rings. The summed E-state index contributed by atoms with van der Waals surface area (Å²) in [7, 11) is 0. The van der Waals surface area contributed by atoms with Crippen molar-refractivity contribution in [1.82, 2.24) is 0 Å². The lowest BCUT2D eigenvalue weighted by molar-refractivity contribution is 0.103. The maximum absolute atomic E-state index is 12.6. The largest absolute Gasteiger partial charge is 0.494 e. The van der Waals surface area contributed by atoms with E-state index in [9.17, 15) is 4.79 Å². The van der Waals surface area contributed by atoms with Crippen LogP contribution in [-0.4, -0.2) is 12.4 Å². The highest BCUT2D eigenvalue weighted by Crippen LogP contribution is 2.24. The first-order chi connectivity index (χ1) is 10.3. The fourth-order valence-electron chi connectivity index (χ4n) is 2.91. The number of rotatable bonds is 4. The van der Waals surface area contributed by atoms with E-state index in [-0.39, 0.29) is 5.78 Å². The molecule has 0 radical (unpaired) electrons. The minimum Gasteiger partial charge on any atom is -0.494 e. The average molecular weight is 280 g/mol. The molecule has 0 aliphatic heterocycles. The van der Waals surface area contributed by atoms with Crippen LogP contribution in [0.4, 0.5) is 0 Å². The third-order valence-electron chi connectivity index (χ3n) is 4.04. The Balaban J connectivity index is 1.84. The number of benzene rings is 2. The van der Waals surface area contributed by atoms with E-state index in [1.807, 2.05) is 37.3 Å². The fraction of sp³-hybridized carbons (Fsp3) is 0.316. The lowest BCUT2D eigenvalue weighted by Crippen LogP contribution is -2.07. The van der Waals surface area contributed by atoms with Crippen LogP contribution in [0.5, 0.6) is 5.75 Å². The van der Waals surface area contributed by atoms with E-state index in [2.05, 4.69) is 12.1 Å². The Morgan fingerprint density at radius 3 is 2.33 bits per heavy atom. The van der Waals surface area contributed by atoms with Crippen molar-refractivity contribution in [2.45, 2.75) is 32.6 Å². The molecular formula is C19H20O2. The highest BCUT2D eigenvalue weighted by Gasteiger charge is 2.14. The molecule has 2 heteroatoms. The number of hydrogen-bond acceptors (Lipinski definition) is 2. The molecular weight excluding hydrogens is 260 g/mol. The third-order valence-corrected chi connectivity index (χ3v) is 4.04. The van der Waals surface area contributed by atoms with Crippen LogP contribution in [-0.2, 0) is 12.8 Å². The number of ketones is 1. The number of hydrogen-bond donors (Lipinski definition) is 0. The van der Waals surface area contributed by atoms with Gasteiger partial charge < -0.3 is 4.74 Å². The van der Waals surface area contributed by atoms with E-state index < -0.39 is 0 Å². The summed E-state index contributed by atoms with van der Waals surface area (Å²) in [6, 6.07) is 13.6. The summed E-state index contributed by atoms with van der Waals surface area (Å²) >= 11 is 0. The van der Waals surface area contributed by atoms with Crippen LogP contribution in [0.15, 0.2) is 42.5 Å². The molecule has 0 saturated carbocycles. The molecule has 0 saturated heterocycles. The van der Waals surface area contributed by atoms with Gasteiger partial charge in [0.1, 0.15) is 5.75 Å². The number of ether oxygens (including phenoxy) is 1. The van der Waals surface area contributed by atoms with Gasteiger partial charge >= 0.3 is 0 Å². The standard InChI is InChI=1S/C19H20O2/c1-2-21-18-11-9-15(10-12-18)19(20)17-8-7-14-5-3-4-6-16(14)13-17/h7-13H,2-6H2,1H3. The monoisotopic (exact) mass is 280 g/mol. The molecule has 2 nitrogen and oxygen atoms in total. The van der Waals surface area contributed by atoms with Gasteiger partial charge in [0.15, 0.2) is 5.78 Å². The first-order valence-electron chi connectivity index (χ1n) is 7.67. The van der Waals surface area contributed by atoms with Crippen molar-refractivity contribution < 1.29 is 9.53 Å². The molecule has 2 aromatic carbocycles. The van der Waals surface area contributed by atoms with Gasteiger partial charge in [-0.3, -0.25) is 4.79 Å². The Bertz CT molecular complexity index is 641. The molecule has 0 atom stereocenters. The van der Waals surface area contributed by atoms with Gasteiger partial charge in [-0.05, 0) is 74.1 Å².